The Kier molecular flexibility index (Phi) is 70.6. The highest BCUT2D eigenvalue weighted by Crippen LogP contribution is 2.45. The van der Waals surface area contributed by atoms with Crippen LogP contribution in [0.2, 0.25) is 0 Å². The maximum Gasteiger partial charge on any atom is 0.472 e. The van der Waals surface area contributed by atoms with Gasteiger partial charge in [0.15, 0.2) is 12.2 Å². The molecular weight excluding hydrogens is 1330 g/mol. The summed E-state index contributed by atoms with van der Waals surface area (Å²) in [6.07, 6.45) is 59.8. The number of carbonyl (C=O) groups is 4. The van der Waals surface area contributed by atoms with Gasteiger partial charge in [0.2, 0.25) is 0 Å². The molecule has 606 valence electrons. The van der Waals surface area contributed by atoms with Crippen molar-refractivity contribution < 1.29 is 80.2 Å². The number of phosphoric ester groups is 2. The highest BCUT2D eigenvalue weighted by Gasteiger charge is 2.30. The van der Waals surface area contributed by atoms with Crippen molar-refractivity contribution in [3.05, 3.63) is 0 Å². The molecule has 0 heterocycles. The average molecular weight is 1490 g/mol. The van der Waals surface area contributed by atoms with Gasteiger partial charge in [-0.05, 0) is 49.4 Å². The number of hydrogen-bond acceptors (Lipinski definition) is 15. The fourth-order valence-electron chi connectivity index (χ4n) is 12.8. The van der Waals surface area contributed by atoms with Gasteiger partial charge in [-0.3, -0.25) is 37.3 Å². The maximum atomic E-state index is 13.1. The molecule has 0 spiro atoms. The van der Waals surface area contributed by atoms with E-state index in [1.54, 1.807) is 0 Å². The zero-order chi connectivity index (χ0) is 75.3. The van der Waals surface area contributed by atoms with E-state index in [1.807, 2.05) is 0 Å². The van der Waals surface area contributed by atoms with Gasteiger partial charge >= 0.3 is 39.5 Å². The SMILES string of the molecule is CCC(C)CCCCCCCCCCCCCCCCCCCCC(=O)O[C@H](COC(=O)CCCCCCCCC(C)C)COP(=O)(O)OC[C@H](O)COP(=O)(O)OC[C@@H](COC(=O)CCCCCCCCCCCCCCCC(C)C)OC(=O)CCCCCCCCCCCCCCC(C)C. The molecule has 17 nitrogen and oxygen atoms in total. The van der Waals surface area contributed by atoms with E-state index in [0.717, 1.165) is 114 Å². The lowest BCUT2D eigenvalue weighted by Gasteiger charge is -2.21. The molecular formula is C83H162O17P2. The van der Waals surface area contributed by atoms with Gasteiger partial charge in [0.05, 0.1) is 26.4 Å². The normalized spacial score (nSPS) is 14.3. The highest BCUT2D eigenvalue weighted by molar-refractivity contribution is 7.47. The summed E-state index contributed by atoms with van der Waals surface area (Å²) in [7, 11) is -9.92. The second kappa shape index (κ2) is 72.0. The smallest absolute Gasteiger partial charge is 0.462 e. The number of ether oxygens (including phenoxy) is 4. The van der Waals surface area contributed by atoms with Gasteiger partial charge in [0, 0.05) is 25.7 Å². The van der Waals surface area contributed by atoms with Gasteiger partial charge in [-0.2, -0.15) is 0 Å². The molecule has 0 aromatic carbocycles. The standard InChI is InChI=1S/C83H162O17P2/c1-9-76(8)62-54-46-37-31-25-18-14-12-10-11-13-15-19-27-33-39-49-57-65-83(88)100-79(70-94-81(86)64-56-48-42-41-45-53-61-75(6)7)72-98-102(91,92)96-68-77(84)67-95-101(89,90)97-71-78(99-82(87)66-58-50-40-34-28-22-21-24-30-36-44-52-60-74(4)5)69-93-80(85)63-55-47-38-32-26-20-16-17-23-29-35-43-51-59-73(2)3/h73-79,84H,9-72H2,1-8H3,(H,89,90)(H,91,92)/t76?,77-,78-,79-/m1/s1. The monoisotopic (exact) mass is 1490 g/mol. The van der Waals surface area contributed by atoms with E-state index < -0.39 is 97.5 Å². The van der Waals surface area contributed by atoms with Crippen molar-refractivity contribution in [2.75, 3.05) is 39.6 Å². The molecule has 0 aliphatic carbocycles. The topological polar surface area (TPSA) is 237 Å². The van der Waals surface area contributed by atoms with Crippen molar-refractivity contribution in [3.8, 4) is 0 Å². The molecule has 0 aliphatic rings. The van der Waals surface area contributed by atoms with E-state index in [9.17, 15) is 43.2 Å². The minimum Gasteiger partial charge on any atom is -0.462 e. The summed E-state index contributed by atoms with van der Waals surface area (Å²) in [6.45, 7) is 14.3. The molecule has 0 radical (unpaired) electrons. The number of hydrogen-bond donors (Lipinski definition) is 3. The number of aliphatic hydroxyl groups is 1. The molecule has 6 atom stereocenters. The maximum absolute atomic E-state index is 13.1. The average Bonchev–Trinajstić information content (AvgIpc) is 0.910. The van der Waals surface area contributed by atoms with Crippen LogP contribution in [0.5, 0.6) is 0 Å². The van der Waals surface area contributed by atoms with Gasteiger partial charge < -0.3 is 33.8 Å². The van der Waals surface area contributed by atoms with E-state index in [-0.39, 0.29) is 25.7 Å². The van der Waals surface area contributed by atoms with Crippen molar-refractivity contribution >= 4 is 39.5 Å². The lowest BCUT2D eigenvalue weighted by molar-refractivity contribution is -0.161. The minimum absolute atomic E-state index is 0.107. The second-order valence-electron chi connectivity index (χ2n) is 31.5. The van der Waals surface area contributed by atoms with E-state index in [4.69, 9.17) is 37.0 Å². The Morgan fingerprint density at radius 1 is 0.275 bits per heavy atom. The summed E-state index contributed by atoms with van der Waals surface area (Å²) in [5.74, 6) is 1.00. The van der Waals surface area contributed by atoms with Crippen molar-refractivity contribution in [2.24, 2.45) is 23.7 Å². The molecule has 0 aromatic heterocycles. The van der Waals surface area contributed by atoms with Gasteiger partial charge in [0.1, 0.15) is 19.3 Å². The lowest BCUT2D eigenvalue weighted by atomic mass is 9.99. The Morgan fingerprint density at radius 2 is 0.471 bits per heavy atom. The molecule has 0 bridgehead atoms. The van der Waals surface area contributed by atoms with Gasteiger partial charge in [-0.25, -0.2) is 9.13 Å². The van der Waals surface area contributed by atoms with Crippen LogP contribution < -0.4 is 0 Å². The minimum atomic E-state index is -4.96. The van der Waals surface area contributed by atoms with Crippen molar-refractivity contribution in [2.45, 2.75) is 446 Å². The van der Waals surface area contributed by atoms with Crippen LogP contribution in [0.4, 0.5) is 0 Å². The van der Waals surface area contributed by atoms with E-state index in [1.165, 1.54) is 225 Å². The zero-order valence-electron chi connectivity index (χ0n) is 67.2. The molecule has 0 saturated heterocycles. The summed E-state index contributed by atoms with van der Waals surface area (Å²) in [6, 6.07) is 0. The summed E-state index contributed by atoms with van der Waals surface area (Å²) in [5.41, 5.74) is 0. The van der Waals surface area contributed by atoms with E-state index in [0.29, 0.717) is 31.6 Å². The van der Waals surface area contributed by atoms with Crippen LogP contribution in [0.3, 0.4) is 0 Å². The van der Waals surface area contributed by atoms with Crippen molar-refractivity contribution in [1.29, 1.82) is 0 Å². The summed E-state index contributed by atoms with van der Waals surface area (Å²) < 4.78 is 68.7. The summed E-state index contributed by atoms with van der Waals surface area (Å²) in [4.78, 5) is 73.0. The number of esters is 4. The lowest BCUT2D eigenvalue weighted by Crippen LogP contribution is -2.30. The number of carbonyl (C=O) groups excluding carboxylic acids is 4. The number of rotatable bonds is 80. The zero-order valence-corrected chi connectivity index (χ0v) is 69.0. The molecule has 0 aliphatic heterocycles. The van der Waals surface area contributed by atoms with E-state index >= 15 is 0 Å². The van der Waals surface area contributed by atoms with Crippen LogP contribution in [0.1, 0.15) is 428 Å². The Hall–Kier alpha value is -1.94. The Balaban J connectivity index is 5.18. The third-order valence-electron chi connectivity index (χ3n) is 19.7. The number of aliphatic hydroxyl groups excluding tert-OH is 1. The van der Waals surface area contributed by atoms with Crippen molar-refractivity contribution in [1.82, 2.24) is 0 Å². The van der Waals surface area contributed by atoms with E-state index in [2.05, 4.69) is 55.4 Å². The first-order valence-corrected chi connectivity index (χ1v) is 45.7. The summed E-state index contributed by atoms with van der Waals surface area (Å²) >= 11 is 0. The summed E-state index contributed by atoms with van der Waals surface area (Å²) in [5, 5.41) is 10.6. The number of phosphoric acid groups is 2. The molecule has 0 saturated carbocycles. The van der Waals surface area contributed by atoms with Gasteiger partial charge in [0.25, 0.3) is 0 Å². The highest BCUT2D eigenvalue weighted by atomic mass is 31.2. The third-order valence-corrected chi connectivity index (χ3v) is 21.6. The molecule has 3 N–H and O–H groups in total. The Morgan fingerprint density at radius 3 is 0.696 bits per heavy atom. The molecule has 0 rings (SSSR count). The predicted molar refractivity (Wildman–Crippen MR) is 418 cm³/mol. The van der Waals surface area contributed by atoms with Crippen LogP contribution in [-0.2, 0) is 65.4 Å². The molecule has 0 fully saturated rings. The Labute approximate surface area is 626 Å². The Bertz CT molecular complexity index is 1990. The number of unbranched alkanes of at least 4 members (excludes halogenated alkanes) is 45. The first-order valence-electron chi connectivity index (χ1n) is 42.7. The molecule has 3 unspecified atom stereocenters. The molecule has 0 amide bonds. The predicted octanol–water partition coefficient (Wildman–Crippen LogP) is 24.8. The second-order valence-corrected chi connectivity index (χ2v) is 34.4. The van der Waals surface area contributed by atoms with Crippen LogP contribution >= 0.6 is 15.6 Å². The van der Waals surface area contributed by atoms with Crippen LogP contribution in [0, 0.1) is 23.7 Å². The third kappa shape index (κ3) is 74.9. The quantitative estimate of drug-likeness (QED) is 0.0222. The molecule has 102 heavy (non-hydrogen) atoms. The first kappa shape index (κ1) is 100. The van der Waals surface area contributed by atoms with Gasteiger partial charge in [-0.15, -0.1) is 0 Å². The van der Waals surface area contributed by atoms with Crippen LogP contribution in [0.25, 0.3) is 0 Å². The first-order chi connectivity index (χ1) is 49.1. The van der Waals surface area contributed by atoms with Crippen molar-refractivity contribution in [3.63, 3.8) is 0 Å². The molecule has 0 aromatic rings. The largest absolute Gasteiger partial charge is 0.472 e. The molecule has 19 heteroatoms. The van der Waals surface area contributed by atoms with Gasteiger partial charge in [-0.1, -0.05) is 376 Å². The fraction of sp³-hybridized carbons (Fsp3) is 0.952. The van der Waals surface area contributed by atoms with Crippen LogP contribution in [-0.4, -0.2) is 96.7 Å². The fourth-order valence-corrected chi connectivity index (χ4v) is 14.3. The van der Waals surface area contributed by atoms with Crippen LogP contribution in [0.15, 0.2) is 0 Å².